The van der Waals surface area contributed by atoms with Gasteiger partial charge in [-0.3, -0.25) is 9.59 Å². The number of carbonyl (C=O) groups is 2. The van der Waals surface area contributed by atoms with Crippen molar-refractivity contribution in [3.05, 3.63) is 75.9 Å². The van der Waals surface area contributed by atoms with E-state index in [2.05, 4.69) is 4.98 Å². The van der Waals surface area contributed by atoms with Gasteiger partial charge in [0.05, 0.1) is 24.5 Å². The van der Waals surface area contributed by atoms with Gasteiger partial charge in [0.1, 0.15) is 17.1 Å². The summed E-state index contributed by atoms with van der Waals surface area (Å²) < 4.78 is 16.2. The molecular formula is C21H17NO6. The van der Waals surface area contributed by atoms with Crippen LogP contribution in [0.15, 0.2) is 57.9 Å². The molecule has 1 N–H and O–H groups in total. The molecule has 1 aliphatic heterocycles. The van der Waals surface area contributed by atoms with E-state index in [-0.39, 0.29) is 29.9 Å². The van der Waals surface area contributed by atoms with E-state index in [1.807, 2.05) is 30.3 Å². The first kappa shape index (κ1) is 17.8. The first-order chi connectivity index (χ1) is 13.6. The standard InChI is InChI=1S/C21H17NO6/c1-2-26-21(25)14-11-22-20(24)18-13(10-17(23)28-19(14)18)16-9-8-15(27-16)12-6-4-3-5-7-12/h3-9,11,13H,2,10H2,1H3,(H,22,24). The predicted octanol–water partition coefficient (Wildman–Crippen LogP) is 3.25. The molecule has 7 heteroatoms. The molecular weight excluding hydrogens is 362 g/mol. The second kappa shape index (κ2) is 7.19. The van der Waals surface area contributed by atoms with Crippen molar-refractivity contribution in [2.45, 2.75) is 19.3 Å². The smallest absolute Gasteiger partial charge is 0.343 e. The number of ether oxygens (including phenoxy) is 2. The van der Waals surface area contributed by atoms with Crippen LogP contribution in [0.3, 0.4) is 0 Å². The third-order valence-electron chi connectivity index (χ3n) is 4.54. The van der Waals surface area contributed by atoms with E-state index in [4.69, 9.17) is 13.9 Å². The van der Waals surface area contributed by atoms with Crippen molar-refractivity contribution in [3.8, 4) is 17.1 Å². The summed E-state index contributed by atoms with van der Waals surface area (Å²) in [4.78, 5) is 39.5. The van der Waals surface area contributed by atoms with Gasteiger partial charge in [-0.15, -0.1) is 0 Å². The number of furan rings is 1. The van der Waals surface area contributed by atoms with Crippen molar-refractivity contribution >= 4 is 11.9 Å². The number of hydrogen-bond donors (Lipinski definition) is 1. The first-order valence-electron chi connectivity index (χ1n) is 8.87. The minimum absolute atomic E-state index is 0.00402. The van der Waals surface area contributed by atoms with Crippen LogP contribution in [0.1, 0.15) is 40.9 Å². The van der Waals surface area contributed by atoms with Gasteiger partial charge in [0, 0.05) is 11.8 Å². The molecule has 0 saturated carbocycles. The zero-order valence-corrected chi connectivity index (χ0v) is 15.1. The first-order valence-corrected chi connectivity index (χ1v) is 8.87. The molecule has 3 aromatic rings. The Hall–Kier alpha value is -3.61. The van der Waals surface area contributed by atoms with Gasteiger partial charge in [-0.25, -0.2) is 4.79 Å². The molecule has 7 nitrogen and oxygen atoms in total. The maximum atomic E-state index is 12.5. The van der Waals surface area contributed by atoms with E-state index in [0.29, 0.717) is 11.5 Å². The number of pyridine rings is 1. The molecule has 28 heavy (non-hydrogen) atoms. The van der Waals surface area contributed by atoms with Gasteiger partial charge in [-0.2, -0.15) is 0 Å². The molecule has 142 valence electrons. The number of aromatic amines is 1. The average molecular weight is 379 g/mol. The van der Waals surface area contributed by atoms with E-state index in [0.717, 1.165) is 5.56 Å². The fraction of sp³-hybridized carbons (Fsp3) is 0.190. The Morgan fingerprint density at radius 1 is 1.18 bits per heavy atom. The van der Waals surface area contributed by atoms with Crippen LogP contribution in [-0.2, 0) is 9.53 Å². The van der Waals surface area contributed by atoms with E-state index in [9.17, 15) is 14.4 Å². The van der Waals surface area contributed by atoms with Crippen LogP contribution in [0.4, 0.5) is 0 Å². The average Bonchev–Trinajstić information content (AvgIpc) is 3.18. The molecule has 1 unspecified atom stereocenters. The van der Waals surface area contributed by atoms with Crippen molar-refractivity contribution < 1.29 is 23.5 Å². The van der Waals surface area contributed by atoms with Crippen molar-refractivity contribution in [1.29, 1.82) is 0 Å². The number of carbonyl (C=O) groups excluding carboxylic acids is 2. The highest BCUT2D eigenvalue weighted by molar-refractivity contribution is 5.94. The van der Waals surface area contributed by atoms with Gasteiger partial charge < -0.3 is 18.9 Å². The summed E-state index contributed by atoms with van der Waals surface area (Å²) in [5, 5.41) is 0. The summed E-state index contributed by atoms with van der Waals surface area (Å²) in [5.74, 6) is -0.885. The monoisotopic (exact) mass is 379 g/mol. The molecule has 0 aliphatic carbocycles. The van der Waals surface area contributed by atoms with Crippen LogP contribution in [-0.4, -0.2) is 23.5 Å². The minimum atomic E-state index is -0.673. The molecule has 1 aliphatic rings. The van der Waals surface area contributed by atoms with Crippen LogP contribution >= 0.6 is 0 Å². The Balaban J connectivity index is 1.80. The Kier molecular flexibility index (Phi) is 4.57. The molecule has 0 spiro atoms. The lowest BCUT2D eigenvalue weighted by atomic mass is 9.90. The zero-order chi connectivity index (χ0) is 19.7. The number of rotatable bonds is 4. The SMILES string of the molecule is CCOC(=O)c1c[nH]c(=O)c2c1OC(=O)CC2c1ccc(-c2ccccc2)o1. The second-order valence-corrected chi connectivity index (χ2v) is 6.29. The molecule has 0 amide bonds. The van der Waals surface area contributed by atoms with Crippen molar-refractivity contribution in [1.82, 2.24) is 4.98 Å². The summed E-state index contributed by atoms with van der Waals surface area (Å²) in [6.07, 6.45) is 1.14. The highest BCUT2D eigenvalue weighted by Crippen LogP contribution is 2.40. The fourth-order valence-electron chi connectivity index (χ4n) is 3.28. The van der Waals surface area contributed by atoms with Crippen LogP contribution in [0.2, 0.25) is 0 Å². The molecule has 1 aromatic carbocycles. The number of hydrogen-bond acceptors (Lipinski definition) is 6. The lowest BCUT2D eigenvalue weighted by Crippen LogP contribution is -2.29. The molecule has 4 rings (SSSR count). The van der Waals surface area contributed by atoms with Gasteiger partial charge in [0.15, 0.2) is 5.75 Å². The van der Waals surface area contributed by atoms with Gasteiger partial charge in [-0.05, 0) is 19.1 Å². The Labute approximate surface area is 159 Å². The fourth-order valence-corrected chi connectivity index (χ4v) is 3.28. The van der Waals surface area contributed by atoms with Crippen molar-refractivity contribution in [2.24, 2.45) is 0 Å². The van der Waals surface area contributed by atoms with E-state index in [1.165, 1.54) is 6.20 Å². The number of fused-ring (bicyclic) bond motifs is 1. The lowest BCUT2D eigenvalue weighted by molar-refractivity contribution is -0.135. The summed E-state index contributed by atoms with van der Waals surface area (Å²) >= 11 is 0. The molecule has 0 saturated heterocycles. The zero-order valence-electron chi connectivity index (χ0n) is 15.1. The van der Waals surface area contributed by atoms with E-state index < -0.39 is 23.4 Å². The van der Waals surface area contributed by atoms with E-state index >= 15 is 0 Å². The Morgan fingerprint density at radius 2 is 1.96 bits per heavy atom. The minimum Gasteiger partial charge on any atom is -0.462 e. The summed E-state index contributed by atoms with van der Waals surface area (Å²) in [6.45, 7) is 1.82. The Morgan fingerprint density at radius 3 is 2.71 bits per heavy atom. The van der Waals surface area contributed by atoms with E-state index in [1.54, 1.807) is 19.1 Å². The van der Waals surface area contributed by atoms with Crippen LogP contribution in [0, 0.1) is 0 Å². The number of nitrogens with one attached hydrogen (secondary N) is 1. The molecule has 3 heterocycles. The number of esters is 2. The highest BCUT2D eigenvalue weighted by atomic mass is 16.5. The summed E-state index contributed by atoms with van der Waals surface area (Å²) in [5.41, 5.74) is 0.614. The van der Waals surface area contributed by atoms with Gasteiger partial charge in [0.25, 0.3) is 5.56 Å². The topological polar surface area (TPSA) is 98.6 Å². The molecule has 1 atom stereocenters. The third-order valence-corrected chi connectivity index (χ3v) is 4.54. The molecule has 0 radical (unpaired) electrons. The predicted molar refractivity (Wildman–Crippen MR) is 99.3 cm³/mol. The molecule has 0 fully saturated rings. The van der Waals surface area contributed by atoms with Gasteiger partial charge >= 0.3 is 11.9 Å². The van der Waals surface area contributed by atoms with Crippen LogP contribution < -0.4 is 10.3 Å². The highest BCUT2D eigenvalue weighted by Gasteiger charge is 2.36. The van der Waals surface area contributed by atoms with Gasteiger partial charge in [0.2, 0.25) is 0 Å². The van der Waals surface area contributed by atoms with Crippen molar-refractivity contribution in [2.75, 3.05) is 6.61 Å². The van der Waals surface area contributed by atoms with Gasteiger partial charge in [-0.1, -0.05) is 30.3 Å². The summed E-state index contributed by atoms with van der Waals surface area (Å²) in [7, 11) is 0. The Bertz CT molecular complexity index is 1100. The van der Waals surface area contributed by atoms with Crippen LogP contribution in [0.25, 0.3) is 11.3 Å². The quantitative estimate of drug-likeness (QED) is 0.699. The summed E-state index contributed by atoms with van der Waals surface area (Å²) in [6, 6.07) is 13.0. The van der Waals surface area contributed by atoms with Crippen molar-refractivity contribution in [3.63, 3.8) is 0 Å². The number of H-pyrrole nitrogens is 1. The number of benzene rings is 1. The number of aromatic nitrogens is 1. The maximum absolute atomic E-state index is 12.5. The normalized spacial score (nSPS) is 15.6. The maximum Gasteiger partial charge on any atom is 0.343 e. The van der Waals surface area contributed by atoms with Crippen LogP contribution in [0.5, 0.6) is 5.75 Å². The third kappa shape index (κ3) is 3.11. The molecule has 0 bridgehead atoms. The largest absolute Gasteiger partial charge is 0.462 e. The lowest BCUT2D eigenvalue weighted by Gasteiger charge is -2.23. The second-order valence-electron chi connectivity index (χ2n) is 6.29. The molecule has 2 aromatic heterocycles.